The van der Waals surface area contributed by atoms with Crippen LogP contribution in [-0.2, 0) is 6.42 Å². The molecule has 19 heavy (non-hydrogen) atoms. The first-order valence-corrected chi connectivity index (χ1v) is 6.04. The molecule has 0 spiro atoms. The molecule has 5 nitrogen and oxygen atoms in total. The van der Waals surface area contributed by atoms with Crippen molar-refractivity contribution in [3.63, 3.8) is 0 Å². The highest BCUT2D eigenvalue weighted by molar-refractivity contribution is 5.86. The smallest absolute Gasteiger partial charge is 0.336 e. The Hall–Kier alpha value is -2.01. The lowest BCUT2D eigenvalue weighted by Gasteiger charge is -2.24. The maximum atomic E-state index is 11.2. The van der Waals surface area contributed by atoms with Crippen LogP contribution in [0.5, 0.6) is 11.5 Å². The molecule has 0 aliphatic carbocycles. The largest absolute Gasteiger partial charge is 0.502 e. The molecule has 1 atom stereocenters. The second kappa shape index (κ2) is 3.74. The van der Waals surface area contributed by atoms with Gasteiger partial charge in [-0.25, -0.2) is 4.79 Å². The normalized spacial score (nSPS) is 18.4. The number of hydrogen-bond acceptors (Lipinski definition) is 5. The molecule has 0 amide bonds. The van der Waals surface area contributed by atoms with Crippen molar-refractivity contribution in [2.45, 2.75) is 32.0 Å². The van der Waals surface area contributed by atoms with Gasteiger partial charge in [-0.15, -0.1) is 0 Å². The number of phenolic OH excluding ortho intramolecular Hbond substituents is 1. The minimum atomic E-state index is -1.02. The molecule has 1 aromatic carbocycles. The van der Waals surface area contributed by atoms with E-state index >= 15 is 0 Å². The minimum absolute atomic E-state index is 0.114. The highest BCUT2D eigenvalue weighted by Crippen LogP contribution is 2.43. The zero-order chi connectivity index (χ0) is 13.8. The molecule has 2 N–H and O–H groups in total. The van der Waals surface area contributed by atoms with Crippen molar-refractivity contribution in [2.75, 3.05) is 0 Å². The van der Waals surface area contributed by atoms with E-state index in [1.54, 1.807) is 26.0 Å². The lowest BCUT2D eigenvalue weighted by Crippen LogP contribution is -2.39. The summed E-state index contributed by atoms with van der Waals surface area (Å²) in [6.07, 6.45) is 0.0681. The Kier molecular flexibility index (Phi) is 2.37. The molecular weight excluding hydrogens is 248 g/mol. The van der Waals surface area contributed by atoms with Gasteiger partial charge in [0.25, 0.3) is 0 Å². The van der Waals surface area contributed by atoms with Gasteiger partial charge in [0.05, 0.1) is 5.60 Å². The predicted molar refractivity (Wildman–Crippen MR) is 68.6 cm³/mol. The summed E-state index contributed by atoms with van der Waals surface area (Å²) in [7, 11) is 0. The highest BCUT2D eigenvalue weighted by Gasteiger charge is 2.37. The van der Waals surface area contributed by atoms with Crippen molar-refractivity contribution in [1.82, 2.24) is 0 Å². The number of rotatable bonds is 1. The molecule has 0 radical (unpaired) electrons. The fourth-order valence-corrected chi connectivity index (χ4v) is 2.29. The topological polar surface area (TPSA) is 79.9 Å². The average molecular weight is 262 g/mol. The molecular formula is C14H14O5. The van der Waals surface area contributed by atoms with E-state index in [0.717, 1.165) is 5.56 Å². The van der Waals surface area contributed by atoms with Gasteiger partial charge in [-0.3, -0.25) is 0 Å². The third-order valence-electron chi connectivity index (χ3n) is 3.37. The Bertz CT molecular complexity index is 708. The van der Waals surface area contributed by atoms with Gasteiger partial charge < -0.3 is 19.4 Å². The number of hydrogen-bond donors (Lipinski definition) is 2. The Balaban J connectivity index is 2.18. The Morgan fingerprint density at radius 1 is 1.37 bits per heavy atom. The molecule has 2 aromatic rings. The van der Waals surface area contributed by atoms with E-state index < -0.39 is 17.3 Å². The fraction of sp³-hybridized carbons (Fsp3) is 0.357. The molecule has 1 aliphatic rings. The van der Waals surface area contributed by atoms with Crippen LogP contribution in [0.1, 0.15) is 19.4 Å². The molecule has 0 fully saturated rings. The maximum Gasteiger partial charge on any atom is 0.336 e. The second-order valence-electron chi connectivity index (χ2n) is 5.35. The van der Waals surface area contributed by atoms with Gasteiger partial charge in [-0.2, -0.15) is 0 Å². The molecule has 0 bridgehead atoms. The highest BCUT2D eigenvalue weighted by atomic mass is 16.5. The third-order valence-corrected chi connectivity index (χ3v) is 3.37. The van der Waals surface area contributed by atoms with Crippen LogP contribution in [0.2, 0.25) is 0 Å². The lowest BCUT2D eigenvalue weighted by molar-refractivity contribution is -0.0235. The first-order valence-electron chi connectivity index (χ1n) is 6.04. The molecule has 100 valence electrons. The van der Waals surface area contributed by atoms with Gasteiger partial charge in [0.15, 0.2) is 11.3 Å². The molecule has 1 aliphatic heterocycles. The van der Waals surface area contributed by atoms with Crippen LogP contribution < -0.4 is 10.4 Å². The van der Waals surface area contributed by atoms with Crippen molar-refractivity contribution in [2.24, 2.45) is 0 Å². The second-order valence-corrected chi connectivity index (χ2v) is 5.35. The van der Waals surface area contributed by atoms with Gasteiger partial charge in [-0.1, -0.05) is 0 Å². The number of ether oxygens (including phenoxy) is 1. The minimum Gasteiger partial charge on any atom is -0.502 e. The van der Waals surface area contributed by atoms with E-state index in [4.69, 9.17) is 9.15 Å². The summed E-state index contributed by atoms with van der Waals surface area (Å²) in [6.45, 7) is 3.31. The number of phenols is 1. The Morgan fingerprint density at radius 3 is 2.79 bits per heavy atom. The quantitative estimate of drug-likeness (QED) is 0.762. The summed E-state index contributed by atoms with van der Waals surface area (Å²) < 4.78 is 10.6. The van der Waals surface area contributed by atoms with Gasteiger partial charge in [-0.05, 0) is 26.0 Å². The molecule has 0 saturated heterocycles. The molecule has 0 unspecified atom stereocenters. The van der Waals surface area contributed by atoms with E-state index in [-0.39, 0.29) is 17.1 Å². The standard InChI is InChI=1S/C14H14O5/c1-14(2,17)9-6-8-5-7-3-4-10(15)19-12(7)11(16)13(8)18-9/h3-5,9,16-17H,6H2,1-2H3/t9-/m0/s1. The van der Waals surface area contributed by atoms with Crippen LogP contribution in [0.4, 0.5) is 0 Å². The summed E-state index contributed by atoms with van der Waals surface area (Å²) in [5, 5.41) is 20.8. The number of benzene rings is 1. The van der Waals surface area contributed by atoms with E-state index in [0.29, 0.717) is 11.8 Å². The molecule has 1 aromatic heterocycles. The zero-order valence-corrected chi connectivity index (χ0v) is 10.6. The van der Waals surface area contributed by atoms with E-state index in [1.807, 2.05) is 0 Å². The first kappa shape index (κ1) is 12.0. The Labute approximate surface area is 109 Å². The van der Waals surface area contributed by atoms with Gasteiger partial charge in [0.2, 0.25) is 5.75 Å². The summed E-state index contributed by atoms with van der Waals surface area (Å²) in [5.41, 5.74) is -0.633. The Morgan fingerprint density at radius 2 is 2.11 bits per heavy atom. The molecule has 5 heteroatoms. The SMILES string of the molecule is CC(C)(O)[C@@H]1Cc2cc3ccc(=O)oc3c(O)c2O1. The van der Waals surface area contributed by atoms with Crippen molar-refractivity contribution >= 4 is 11.0 Å². The van der Waals surface area contributed by atoms with E-state index in [2.05, 4.69) is 0 Å². The van der Waals surface area contributed by atoms with E-state index in [1.165, 1.54) is 6.07 Å². The van der Waals surface area contributed by atoms with Crippen LogP contribution in [0.15, 0.2) is 27.4 Å². The van der Waals surface area contributed by atoms with Crippen molar-refractivity contribution in [1.29, 1.82) is 0 Å². The van der Waals surface area contributed by atoms with Crippen LogP contribution >= 0.6 is 0 Å². The molecule has 3 rings (SSSR count). The maximum absolute atomic E-state index is 11.2. The monoisotopic (exact) mass is 262 g/mol. The number of fused-ring (bicyclic) bond motifs is 2. The van der Waals surface area contributed by atoms with Crippen molar-refractivity contribution in [3.8, 4) is 11.5 Å². The third kappa shape index (κ3) is 1.86. The zero-order valence-electron chi connectivity index (χ0n) is 10.6. The van der Waals surface area contributed by atoms with Crippen LogP contribution in [-0.4, -0.2) is 21.9 Å². The number of aliphatic hydroxyl groups is 1. The number of aromatic hydroxyl groups is 1. The van der Waals surface area contributed by atoms with Crippen LogP contribution in [0, 0.1) is 0 Å². The summed E-state index contributed by atoms with van der Waals surface area (Å²) in [5.74, 6) is 0.103. The molecule has 2 heterocycles. The summed E-state index contributed by atoms with van der Waals surface area (Å²) in [4.78, 5) is 11.2. The molecule has 0 saturated carbocycles. The first-order chi connectivity index (χ1) is 8.86. The van der Waals surface area contributed by atoms with Crippen molar-refractivity contribution < 1.29 is 19.4 Å². The van der Waals surface area contributed by atoms with Crippen molar-refractivity contribution in [3.05, 3.63) is 34.2 Å². The fourth-order valence-electron chi connectivity index (χ4n) is 2.29. The summed E-state index contributed by atoms with van der Waals surface area (Å²) >= 11 is 0. The van der Waals surface area contributed by atoms with Gasteiger partial charge in [0.1, 0.15) is 6.10 Å². The predicted octanol–water partition coefficient (Wildman–Crippen LogP) is 1.57. The van der Waals surface area contributed by atoms with Gasteiger partial charge >= 0.3 is 5.63 Å². The van der Waals surface area contributed by atoms with Crippen LogP contribution in [0.3, 0.4) is 0 Å². The average Bonchev–Trinajstić information content (AvgIpc) is 2.74. The van der Waals surface area contributed by atoms with E-state index in [9.17, 15) is 15.0 Å². The lowest BCUT2D eigenvalue weighted by atomic mass is 9.97. The van der Waals surface area contributed by atoms with Crippen LogP contribution in [0.25, 0.3) is 11.0 Å². The summed E-state index contributed by atoms with van der Waals surface area (Å²) in [6, 6.07) is 4.70. The van der Waals surface area contributed by atoms with Gasteiger partial charge in [0, 0.05) is 23.4 Å².